The van der Waals surface area contributed by atoms with Gasteiger partial charge in [0, 0.05) is 12.4 Å². The molecule has 2 aromatic rings. The molecular weight excluding hydrogens is 320 g/mol. The third kappa shape index (κ3) is 2.95. The van der Waals surface area contributed by atoms with Crippen LogP contribution in [-0.4, -0.2) is 50.7 Å². The second kappa shape index (κ2) is 6.21. The molecule has 3 N–H and O–H groups in total. The fourth-order valence-corrected chi connectivity index (χ4v) is 3.14. The summed E-state index contributed by atoms with van der Waals surface area (Å²) in [5.41, 5.74) is 3.12. The second-order valence-corrected chi connectivity index (χ2v) is 5.84. The number of amides is 1. The normalized spacial score (nSPS) is 16.6. The molecule has 1 atom stereocenters. The van der Waals surface area contributed by atoms with Gasteiger partial charge in [0.25, 0.3) is 5.91 Å². The summed E-state index contributed by atoms with van der Waals surface area (Å²) in [6, 6.07) is 1.47. The van der Waals surface area contributed by atoms with Crippen LogP contribution in [0.3, 0.4) is 0 Å². The highest BCUT2D eigenvalue weighted by Gasteiger charge is 2.25. The van der Waals surface area contributed by atoms with Crippen molar-refractivity contribution in [3.05, 3.63) is 29.6 Å². The molecule has 23 heavy (non-hydrogen) atoms. The lowest BCUT2D eigenvalue weighted by Crippen LogP contribution is -2.29. The third-order valence-electron chi connectivity index (χ3n) is 3.30. The number of carboxylic acids is 1. The molecule has 0 spiro atoms. The van der Waals surface area contributed by atoms with Gasteiger partial charge >= 0.3 is 5.97 Å². The van der Waals surface area contributed by atoms with Crippen LogP contribution in [0.5, 0.6) is 5.75 Å². The third-order valence-corrected chi connectivity index (χ3v) is 4.30. The fraction of sp³-hybridized carbons (Fsp3) is 0.214. The van der Waals surface area contributed by atoms with Crippen molar-refractivity contribution < 1.29 is 19.8 Å². The first-order valence-electron chi connectivity index (χ1n) is 6.68. The summed E-state index contributed by atoms with van der Waals surface area (Å²) in [5.74, 6) is -2.15. The first-order valence-corrected chi connectivity index (χ1v) is 7.62. The lowest BCUT2D eigenvalue weighted by molar-refractivity contribution is -0.135. The molecule has 2 heterocycles. The molecule has 1 aliphatic heterocycles. The lowest BCUT2D eigenvalue weighted by atomic mass is 10.0. The minimum absolute atomic E-state index is 0.00349. The number of carboxylic acid groups (broad SMARTS) is 1. The van der Waals surface area contributed by atoms with Crippen molar-refractivity contribution in [2.24, 2.45) is 4.99 Å². The number of benzene rings is 1. The number of aromatic hydroxyl groups is 1. The van der Waals surface area contributed by atoms with E-state index in [1.807, 2.05) is 0 Å². The van der Waals surface area contributed by atoms with Gasteiger partial charge in [-0.2, -0.15) is 0 Å². The van der Waals surface area contributed by atoms with Crippen molar-refractivity contribution in [1.82, 2.24) is 15.3 Å². The molecule has 1 aromatic heterocycles. The average molecular weight is 332 g/mol. The van der Waals surface area contributed by atoms with E-state index < -0.39 is 18.4 Å². The number of hydrogen-bond donors (Lipinski definition) is 3. The number of hydrogen-bond acceptors (Lipinski definition) is 7. The van der Waals surface area contributed by atoms with E-state index in [-0.39, 0.29) is 22.1 Å². The number of thioether (sulfide) groups is 1. The van der Waals surface area contributed by atoms with Crippen LogP contribution in [0.2, 0.25) is 0 Å². The summed E-state index contributed by atoms with van der Waals surface area (Å²) >= 11 is 1.50. The van der Waals surface area contributed by atoms with Gasteiger partial charge in [0.05, 0.1) is 22.9 Å². The molecule has 8 nitrogen and oxygen atoms in total. The van der Waals surface area contributed by atoms with E-state index in [0.717, 1.165) is 5.56 Å². The number of carbonyl (C=O) groups is 2. The predicted molar refractivity (Wildman–Crippen MR) is 84.9 cm³/mol. The van der Waals surface area contributed by atoms with Crippen LogP contribution >= 0.6 is 11.8 Å². The van der Waals surface area contributed by atoms with Gasteiger partial charge in [0.1, 0.15) is 23.4 Å². The Bertz CT molecular complexity index is 816. The predicted octanol–water partition coefficient (Wildman–Crippen LogP) is 0.966. The van der Waals surface area contributed by atoms with Gasteiger partial charge in [-0.25, -0.2) is 0 Å². The Morgan fingerprint density at radius 1 is 1.30 bits per heavy atom. The molecule has 0 fully saturated rings. The van der Waals surface area contributed by atoms with E-state index in [1.165, 1.54) is 30.2 Å². The zero-order chi connectivity index (χ0) is 16.4. The van der Waals surface area contributed by atoms with Crippen molar-refractivity contribution in [1.29, 1.82) is 0 Å². The number of rotatable bonds is 4. The molecule has 118 valence electrons. The summed E-state index contributed by atoms with van der Waals surface area (Å²) in [7, 11) is 0. The van der Waals surface area contributed by atoms with Crippen LogP contribution in [0.15, 0.2) is 23.5 Å². The first-order chi connectivity index (χ1) is 11.1. The van der Waals surface area contributed by atoms with Gasteiger partial charge in [0.2, 0.25) is 0 Å². The number of phenols is 1. The maximum Gasteiger partial charge on any atom is 0.322 e. The van der Waals surface area contributed by atoms with Crippen molar-refractivity contribution in [2.75, 3.05) is 13.1 Å². The number of carbonyl (C=O) groups excluding carboxylic acids is 1. The van der Waals surface area contributed by atoms with E-state index in [9.17, 15) is 14.7 Å². The highest BCUT2D eigenvalue weighted by atomic mass is 32.2. The molecule has 1 aliphatic rings. The fourth-order valence-electron chi connectivity index (χ4n) is 2.32. The molecule has 0 saturated heterocycles. The monoisotopic (exact) mass is 332 g/mol. The highest BCUT2D eigenvalue weighted by Crippen LogP contribution is 2.38. The SMILES string of the molecule is O=C(O)CNC(=O)c1c(O)cc(C2CN=CS2)c2nccnc12. The summed E-state index contributed by atoms with van der Waals surface area (Å²) in [5, 5.41) is 21.1. The lowest BCUT2D eigenvalue weighted by Gasteiger charge is -2.14. The minimum Gasteiger partial charge on any atom is -0.507 e. The molecule has 9 heteroatoms. The van der Waals surface area contributed by atoms with Gasteiger partial charge in [-0.15, -0.1) is 11.8 Å². The van der Waals surface area contributed by atoms with Crippen molar-refractivity contribution in [3.63, 3.8) is 0 Å². The number of nitrogens with zero attached hydrogens (tertiary/aromatic N) is 3. The maximum absolute atomic E-state index is 12.2. The Morgan fingerprint density at radius 2 is 2.04 bits per heavy atom. The van der Waals surface area contributed by atoms with Gasteiger partial charge in [-0.3, -0.25) is 24.5 Å². The highest BCUT2D eigenvalue weighted by molar-refractivity contribution is 8.12. The Labute approximate surface area is 134 Å². The van der Waals surface area contributed by atoms with Crippen LogP contribution in [0.1, 0.15) is 21.2 Å². The molecule has 1 aromatic carbocycles. The van der Waals surface area contributed by atoms with Crippen molar-refractivity contribution >= 4 is 40.2 Å². The molecular formula is C14H12N4O4S. The molecule has 3 rings (SSSR count). The zero-order valence-electron chi connectivity index (χ0n) is 11.8. The summed E-state index contributed by atoms with van der Waals surface area (Å²) in [6.45, 7) is 0.00837. The van der Waals surface area contributed by atoms with Gasteiger partial charge in [-0.05, 0) is 11.6 Å². The molecule has 0 radical (unpaired) electrons. The topological polar surface area (TPSA) is 125 Å². The van der Waals surface area contributed by atoms with E-state index >= 15 is 0 Å². The van der Waals surface area contributed by atoms with Crippen molar-refractivity contribution in [2.45, 2.75) is 5.25 Å². The molecule has 0 saturated carbocycles. The average Bonchev–Trinajstić information content (AvgIpc) is 3.06. The van der Waals surface area contributed by atoms with Gasteiger partial charge in [-0.1, -0.05) is 0 Å². The maximum atomic E-state index is 12.2. The number of nitrogens with one attached hydrogen (secondary N) is 1. The summed E-state index contributed by atoms with van der Waals surface area (Å²) < 4.78 is 0. The second-order valence-electron chi connectivity index (χ2n) is 4.79. The number of aliphatic carboxylic acids is 1. The van der Waals surface area contributed by atoms with Gasteiger partial charge < -0.3 is 15.5 Å². The van der Waals surface area contributed by atoms with Crippen LogP contribution in [0, 0.1) is 0 Å². The van der Waals surface area contributed by atoms with Crippen LogP contribution in [-0.2, 0) is 4.79 Å². The zero-order valence-corrected chi connectivity index (χ0v) is 12.6. The molecule has 0 bridgehead atoms. The van der Waals surface area contributed by atoms with Crippen LogP contribution in [0.25, 0.3) is 11.0 Å². The summed E-state index contributed by atoms with van der Waals surface area (Å²) in [4.78, 5) is 35.3. The smallest absolute Gasteiger partial charge is 0.322 e. The van der Waals surface area contributed by atoms with Crippen molar-refractivity contribution in [3.8, 4) is 5.75 Å². The van der Waals surface area contributed by atoms with E-state index in [0.29, 0.717) is 12.1 Å². The van der Waals surface area contributed by atoms with Gasteiger partial charge in [0.15, 0.2) is 0 Å². The Hall–Kier alpha value is -2.68. The van der Waals surface area contributed by atoms with Crippen LogP contribution < -0.4 is 5.32 Å². The minimum atomic E-state index is -1.18. The standard InChI is InChI=1S/C14H12N4O4S/c19-8-3-7(9-4-15-6-23-9)12-13(17-2-1-16-12)11(8)14(22)18-5-10(20)21/h1-3,6,9,19H,4-5H2,(H,18,22)(H,20,21). The van der Waals surface area contributed by atoms with E-state index in [4.69, 9.17) is 5.11 Å². The Balaban J connectivity index is 2.09. The molecule has 0 aliphatic carbocycles. The van der Waals surface area contributed by atoms with E-state index in [2.05, 4.69) is 20.3 Å². The Kier molecular flexibility index (Phi) is 4.11. The largest absolute Gasteiger partial charge is 0.507 e. The summed E-state index contributed by atoms with van der Waals surface area (Å²) in [6.07, 6.45) is 2.92. The Morgan fingerprint density at radius 3 is 2.70 bits per heavy atom. The first kappa shape index (κ1) is 15.2. The number of aliphatic imine (C=N–C) groups is 1. The quantitative estimate of drug-likeness (QED) is 0.761. The molecule has 1 amide bonds. The van der Waals surface area contributed by atoms with E-state index in [1.54, 1.807) is 5.55 Å². The molecule has 1 unspecified atom stereocenters. The van der Waals surface area contributed by atoms with Crippen LogP contribution in [0.4, 0.5) is 0 Å². The number of fused-ring (bicyclic) bond motifs is 1. The number of aromatic nitrogens is 2. The number of phenolic OH excluding ortho intramolecular Hbond substituents is 1.